The molecular formula is C18H23N3O. The van der Waals surface area contributed by atoms with Crippen LogP contribution in [0.1, 0.15) is 41.1 Å². The number of nitrogens with zero attached hydrogens (tertiary/aromatic N) is 2. The summed E-state index contributed by atoms with van der Waals surface area (Å²) in [6, 6.07) is 8.40. The number of hydrogen-bond acceptors (Lipinski definition) is 4. The minimum atomic E-state index is 0.400. The molecule has 1 aliphatic heterocycles. The first kappa shape index (κ1) is 14.7. The first-order chi connectivity index (χ1) is 10.5. The molecule has 1 aromatic carbocycles. The molecular weight excluding hydrogens is 274 g/mol. The quantitative estimate of drug-likeness (QED) is 0.938. The molecule has 0 amide bonds. The number of nitrogens with two attached hydrogens (primary N) is 1. The zero-order chi connectivity index (χ0) is 15.7. The van der Waals surface area contributed by atoms with E-state index in [2.05, 4.69) is 48.7 Å². The third-order valence-electron chi connectivity index (χ3n) is 4.68. The molecule has 1 saturated heterocycles. The van der Waals surface area contributed by atoms with Gasteiger partial charge in [0.2, 0.25) is 5.88 Å². The van der Waals surface area contributed by atoms with E-state index in [1.54, 1.807) is 0 Å². The molecule has 2 N–H and O–H groups in total. The van der Waals surface area contributed by atoms with Crippen molar-refractivity contribution in [3.8, 4) is 0 Å². The fraction of sp³-hybridized carbons (Fsp3) is 0.389. The van der Waals surface area contributed by atoms with Crippen molar-refractivity contribution in [2.75, 3.05) is 18.8 Å². The van der Waals surface area contributed by atoms with Crippen LogP contribution in [0.25, 0.3) is 5.70 Å². The Morgan fingerprint density at radius 3 is 2.55 bits per heavy atom. The summed E-state index contributed by atoms with van der Waals surface area (Å²) in [4.78, 5) is 2.37. The van der Waals surface area contributed by atoms with E-state index in [9.17, 15) is 0 Å². The Balaban J connectivity index is 1.65. The van der Waals surface area contributed by atoms with Crippen molar-refractivity contribution >= 4 is 11.6 Å². The van der Waals surface area contributed by atoms with E-state index in [1.807, 2.05) is 6.07 Å². The summed E-state index contributed by atoms with van der Waals surface area (Å²) < 4.78 is 4.98. The average Bonchev–Trinajstić information content (AvgIpc) is 2.96. The van der Waals surface area contributed by atoms with E-state index < -0.39 is 0 Å². The van der Waals surface area contributed by atoms with Crippen molar-refractivity contribution in [1.82, 2.24) is 10.1 Å². The van der Waals surface area contributed by atoms with Gasteiger partial charge in [0.1, 0.15) is 0 Å². The molecule has 0 aliphatic carbocycles. The molecule has 0 saturated carbocycles. The molecule has 4 nitrogen and oxygen atoms in total. The molecule has 0 radical (unpaired) electrons. The lowest BCUT2D eigenvalue weighted by Crippen LogP contribution is -2.31. The molecule has 2 aromatic rings. The number of rotatable bonds is 3. The fourth-order valence-electron chi connectivity index (χ4n) is 3.04. The largest absolute Gasteiger partial charge is 0.371 e. The lowest BCUT2D eigenvalue weighted by molar-refractivity contribution is 0.290. The second-order valence-corrected chi connectivity index (χ2v) is 6.16. The van der Waals surface area contributed by atoms with E-state index >= 15 is 0 Å². The average molecular weight is 297 g/mol. The Labute approximate surface area is 131 Å². The van der Waals surface area contributed by atoms with Crippen molar-refractivity contribution in [1.29, 1.82) is 0 Å². The van der Waals surface area contributed by atoms with Crippen molar-refractivity contribution in [2.24, 2.45) is 0 Å². The minimum absolute atomic E-state index is 0.400. The molecule has 116 valence electrons. The SMILES string of the molecule is C=C(c1ccc(C)c(C)c1)N1CCC(c2cc(N)on2)CC1. The lowest BCUT2D eigenvalue weighted by Gasteiger charge is -2.34. The highest BCUT2D eigenvalue weighted by molar-refractivity contribution is 5.63. The highest BCUT2D eigenvalue weighted by atomic mass is 16.5. The van der Waals surface area contributed by atoms with Gasteiger partial charge in [0.15, 0.2) is 0 Å². The standard InChI is InChI=1S/C18H23N3O/c1-12-4-5-16(10-13(12)2)14(3)21-8-6-15(7-9-21)17-11-18(19)22-20-17/h4-5,10-11,15H,3,6-9,19H2,1-2H3. The van der Waals surface area contributed by atoms with Gasteiger partial charge in [0.05, 0.1) is 5.69 Å². The highest BCUT2D eigenvalue weighted by Crippen LogP contribution is 2.31. The molecule has 1 aromatic heterocycles. The van der Waals surface area contributed by atoms with Crippen LogP contribution >= 0.6 is 0 Å². The molecule has 0 unspecified atom stereocenters. The van der Waals surface area contributed by atoms with Crippen LogP contribution in [0.15, 0.2) is 35.4 Å². The predicted octanol–water partition coefficient (Wildman–Crippen LogP) is 3.72. The highest BCUT2D eigenvalue weighted by Gasteiger charge is 2.24. The van der Waals surface area contributed by atoms with Crippen molar-refractivity contribution < 1.29 is 4.52 Å². The number of hydrogen-bond donors (Lipinski definition) is 1. The number of piperidine rings is 1. The van der Waals surface area contributed by atoms with E-state index in [1.165, 1.54) is 16.7 Å². The van der Waals surface area contributed by atoms with Crippen molar-refractivity contribution in [3.63, 3.8) is 0 Å². The second-order valence-electron chi connectivity index (χ2n) is 6.16. The zero-order valence-electron chi connectivity index (χ0n) is 13.3. The van der Waals surface area contributed by atoms with Crippen LogP contribution in [0.2, 0.25) is 0 Å². The van der Waals surface area contributed by atoms with Gasteiger partial charge in [-0.2, -0.15) is 0 Å². The molecule has 0 spiro atoms. The number of likely N-dealkylation sites (tertiary alicyclic amines) is 1. The smallest absolute Gasteiger partial charge is 0.222 e. The maximum atomic E-state index is 5.61. The molecule has 1 fully saturated rings. The lowest BCUT2D eigenvalue weighted by atomic mass is 9.92. The van der Waals surface area contributed by atoms with Crippen LogP contribution in [0.5, 0.6) is 0 Å². The number of benzene rings is 1. The monoisotopic (exact) mass is 297 g/mol. The van der Waals surface area contributed by atoms with Gasteiger partial charge in [-0.05, 0) is 49.4 Å². The van der Waals surface area contributed by atoms with Gasteiger partial charge >= 0.3 is 0 Å². The third-order valence-corrected chi connectivity index (χ3v) is 4.68. The maximum Gasteiger partial charge on any atom is 0.222 e. The molecule has 0 atom stereocenters. The summed E-state index contributed by atoms with van der Waals surface area (Å²) in [5.74, 6) is 0.835. The van der Waals surface area contributed by atoms with Crippen molar-refractivity contribution in [3.05, 3.63) is 53.2 Å². The normalized spacial score (nSPS) is 16.0. The second kappa shape index (κ2) is 5.87. The van der Waals surface area contributed by atoms with Crippen LogP contribution < -0.4 is 5.73 Å². The molecule has 0 bridgehead atoms. The summed E-state index contributed by atoms with van der Waals surface area (Å²) >= 11 is 0. The number of nitrogen functional groups attached to an aromatic ring is 1. The Morgan fingerprint density at radius 1 is 1.23 bits per heavy atom. The van der Waals surface area contributed by atoms with Gasteiger partial charge in [-0.3, -0.25) is 0 Å². The summed E-state index contributed by atoms with van der Waals surface area (Å²) in [6.45, 7) is 10.6. The first-order valence-electron chi connectivity index (χ1n) is 7.78. The van der Waals surface area contributed by atoms with Crippen LogP contribution in [-0.2, 0) is 0 Å². The maximum absolute atomic E-state index is 5.61. The third kappa shape index (κ3) is 2.86. The molecule has 2 heterocycles. The minimum Gasteiger partial charge on any atom is -0.371 e. The van der Waals surface area contributed by atoms with Gasteiger partial charge < -0.3 is 15.2 Å². The Morgan fingerprint density at radius 2 is 1.95 bits per heavy atom. The van der Waals surface area contributed by atoms with Crippen molar-refractivity contribution in [2.45, 2.75) is 32.6 Å². The van der Waals surface area contributed by atoms with Gasteiger partial charge in [-0.25, -0.2) is 0 Å². The van der Waals surface area contributed by atoms with Gasteiger partial charge in [0.25, 0.3) is 0 Å². The van der Waals surface area contributed by atoms with Crippen LogP contribution in [0.3, 0.4) is 0 Å². The Bertz CT molecular complexity index is 681. The summed E-state index contributed by atoms with van der Waals surface area (Å²) in [6.07, 6.45) is 2.10. The number of aromatic nitrogens is 1. The van der Waals surface area contributed by atoms with E-state index in [-0.39, 0.29) is 0 Å². The van der Waals surface area contributed by atoms with Gasteiger partial charge in [0, 0.05) is 30.8 Å². The molecule has 3 rings (SSSR count). The van der Waals surface area contributed by atoms with E-state index in [4.69, 9.17) is 10.3 Å². The van der Waals surface area contributed by atoms with Gasteiger partial charge in [-0.1, -0.05) is 23.9 Å². The van der Waals surface area contributed by atoms with E-state index in [0.717, 1.165) is 37.3 Å². The Hall–Kier alpha value is -2.23. The fourth-order valence-corrected chi connectivity index (χ4v) is 3.04. The number of aryl methyl sites for hydroxylation is 2. The van der Waals surface area contributed by atoms with Crippen LogP contribution in [0.4, 0.5) is 5.88 Å². The molecule has 22 heavy (non-hydrogen) atoms. The van der Waals surface area contributed by atoms with Crippen LogP contribution in [-0.4, -0.2) is 23.1 Å². The summed E-state index contributed by atoms with van der Waals surface area (Å²) in [5, 5.41) is 4.05. The summed E-state index contributed by atoms with van der Waals surface area (Å²) in [7, 11) is 0. The van der Waals surface area contributed by atoms with E-state index in [0.29, 0.717) is 11.8 Å². The first-order valence-corrected chi connectivity index (χ1v) is 7.78. The topological polar surface area (TPSA) is 55.3 Å². The van der Waals surface area contributed by atoms with Crippen LogP contribution in [0, 0.1) is 13.8 Å². The predicted molar refractivity (Wildman–Crippen MR) is 89.4 cm³/mol. The zero-order valence-corrected chi connectivity index (χ0v) is 13.3. The summed E-state index contributed by atoms with van der Waals surface area (Å²) in [5.41, 5.74) is 11.5. The molecule has 4 heteroatoms. The molecule has 1 aliphatic rings. The Kier molecular flexibility index (Phi) is 3.92. The van der Waals surface area contributed by atoms with Gasteiger partial charge in [-0.15, -0.1) is 0 Å². The number of anilines is 1.